The van der Waals surface area contributed by atoms with E-state index in [4.69, 9.17) is 0 Å². The molecule has 0 amide bonds. The Labute approximate surface area is 92.5 Å². The van der Waals surface area contributed by atoms with Crippen molar-refractivity contribution in [3.8, 4) is 0 Å². The van der Waals surface area contributed by atoms with Gasteiger partial charge in [-0.25, -0.2) is 0 Å². The van der Waals surface area contributed by atoms with Gasteiger partial charge in [-0.1, -0.05) is 55.8 Å². The van der Waals surface area contributed by atoms with E-state index < -0.39 is 5.60 Å². The average molecular weight is 204 g/mol. The third-order valence-electron chi connectivity index (χ3n) is 2.46. The molecule has 0 heterocycles. The molecule has 1 nitrogen and oxygen atoms in total. The molecular weight excluding hydrogens is 184 g/mol. The molecule has 0 aliphatic heterocycles. The molecule has 1 rings (SSSR count). The van der Waals surface area contributed by atoms with Gasteiger partial charge in [-0.3, -0.25) is 0 Å². The Balaban J connectivity index is 2.46. The number of rotatable bonds is 5. The fourth-order valence-electron chi connectivity index (χ4n) is 1.65. The van der Waals surface area contributed by atoms with E-state index in [-0.39, 0.29) is 0 Å². The normalized spacial score (nSPS) is 15.4. The van der Waals surface area contributed by atoms with Gasteiger partial charge in [-0.15, -0.1) is 0 Å². The van der Waals surface area contributed by atoms with Crippen molar-refractivity contribution in [1.82, 2.24) is 0 Å². The first-order valence-corrected chi connectivity index (χ1v) is 5.58. The molecule has 1 atom stereocenters. The fraction of sp³-hybridized carbons (Fsp3) is 0.429. The molecule has 0 saturated heterocycles. The lowest BCUT2D eigenvalue weighted by atomic mass is 9.96. The lowest BCUT2D eigenvalue weighted by molar-refractivity contribution is 0.0535. The van der Waals surface area contributed by atoms with Crippen LogP contribution in [0.1, 0.15) is 38.7 Å². The Morgan fingerprint density at radius 2 is 1.93 bits per heavy atom. The van der Waals surface area contributed by atoms with Crippen LogP contribution in [0.5, 0.6) is 0 Å². The van der Waals surface area contributed by atoms with Crippen molar-refractivity contribution in [1.29, 1.82) is 0 Å². The molecule has 15 heavy (non-hydrogen) atoms. The highest BCUT2D eigenvalue weighted by Gasteiger charge is 2.16. The van der Waals surface area contributed by atoms with Crippen LogP contribution in [-0.4, -0.2) is 10.7 Å². The molecule has 1 heteroatoms. The van der Waals surface area contributed by atoms with Gasteiger partial charge in [-0.2, -0.15) is 0 Å². The van der Waals surface area contributed by atoms with Gasteiger partial charge in [0.25, 0.3) is 0 Å². The average Bonchev–Trinajstić information content (AvgIpc) is 2.19. The zero-order valence-corrected chi connectivity index (χ0v) is 9.61. The van der Waals surface area contributed by atoms with Gasteiger partial charge in [0.2, 0.25) is 0 Å². The summed E-state index contributed by atoms with van der Waals surface area (Å²) in [6.45, 7) is 3.99. The Bertz CT molecular complexity index is 298. The van der Waals surface area contributed by atoms with Crippen LogP contribution in [-0.2, 0) is 0 Å². The monoisotopic (exact) mass is 204 g/mol. The molecule has 1 aromatic rings. The summed E-state index contributed by atoms with van der Waals surface area (Å²) in [6, 6.07) is 10.2. The van der Waals surface area contributed by atoms with Gasteiger partial charge < -0.3 is 5.11 Å². The van der Waals surface area contributed by atoms with E-state index in [0.717, 1.165) is 19.3 Å². The molecule has 1 aromatic carbocycles. The Kier molecular flexibility index (Phi) is 4.57. The van der Waals surface area contributed by atoms with Gasteiger partial charge in [0.05, 0.1) is 5.60 Å². The van der Waals surface area contributed by atoms with Gasteiger partial charge in [0.1, 0.15) is 0 Å². The summed E-state index contributed by atoms with van der Waals surface area (Å²) in [5.41, 5.74) is 0.629. The molecule has 1 N–H and O–H groups in total. The van der Waals surface area contributed by atoms with Crippen LogP contribution in [0.15, 0.2) is 36.4 Å². The predicted molar refractivity (Wildman–Crippen MR) is 65.6 cm³/mol. The van der Waals surface area contributed by atoms with Crippen molar-refractivity contribution < 1.29 is 5.11 Å². The number of hydrogen-bond acceptors (Lipinski definition) is 1. The van der Waals surface area contributed by atoms with Crippen LogP contribution in [0, 0.1) is 0 Å². The van der Waals surface area contributed by atoms with Crippen molar-refractivity contribution >= 4 is 6.08 Å². The summed E-state index contributed by atoms with van der Waals surface area (Å²) < 4.78 is 0. The Morgan fingerprint density at radius 3 is 2.53 bits per heavy atom. The summed E-state index contributed by atoms with van der Waals surface area (Å²) in [5, 5.41) is 9.94. The minimum Gasteiger partial charge on any atom is -0.390 e. The van der Waals surface area contributed by atoms with Gasteiger partial charge in [0.15, 0.2) is 0 Å². The summed E-state index contributed by atoms with van der Waals surface area (Å²) in [7, 11) is 0. The van der Waals surface area contributed by atoms with Crippen LogP contribution in [0.25, 0.3) is 6.08 Å². The maximum Gasteiger partial charge on any atom is 0.0654 e. The quantitative estimate of drug-likeness (QED) is 0.776. The fourth-order valence-corrected chi connectivity index (χ4v) is 1.65. The second-order valence-corrected chi connectivity index (χ2v) is 4.26. The SMILES string of the molecule is CCCC(C)(O)C/C=C/c1ccccc1. The maximum atomic E-state index is 9.94. The molecule has 0 radical (unpaired) electrons. The van der Waals surface area contributed by atoms with Crippen LogP contribution >= 0.6 is 0 Å². The summed E-state index contributed by atoms with van der Waals surface area (Å²) in [4.78, 5) is 0. The van der Waals surface area contributed by atoms with E-state index in [1.54, 1.807) is 0 Å². The predicted octanol–water partition coefficient (Wildman–Crippen LogP) is 3.64. The molecular formula is C14H20O. The second kappa shape index (κ2) is 5.72. The minimum atomic E-state index is -0.556. The van der Waals surface area contributed by atoms with E-state index >= 15 is 0 Å². The summed E-state index contributed by atoms with van der Waals surface area (Å²) >= 11 is 0. The molecule has 0 fully saturated rings. The molecule has 0 aliphatic carbocycles. The topological polar surface area (TPSA) is 20.2 Å². The zero-order valence-electron chi connectivity index (χ0n) is 9.61. The van der Waals surface area contributed by atoms with Gasteiger partial charge in [-0.05, 0) is 25.3 Å². The van der Waals surface area contributed by atoms with Crippen LogP contribution in [0.4, 0.5) is 0 Å². The minimum absolute atomic E-state index is 0.556. The summed E-state index contributed by atoms with van der Waals surface area (Å²) in [5.74, 6) is 0. The van der Waals surface area contributed by atoms with Crippen LogP contribution in [0.3, 0.4) is 0 Å². The van der Waals surface area contributed by atoms with Crippen LogP contribution < -0.4 is 0 Å². The molecule has 82 valence electrons. The second-order valence-electron chi connectivity index (χ2n) is 4.26. The summed E-state index contributed by atoms with van der Waals surface area (Å²) in [6.07, 6.45) is 6.70. The van der Waals surface area contributed by atoms with E-state index in [1.165, 1.54) is 5.56 Å². The first kappa shape index (κ1) is 12.0. The highest BCUT2D eigenvalue weighted by molar-refractivity contribution is 5.48. The lowest BCUT2D eigenvalue weighted by Gasteiger charge is -2.20. The van der Waals surface area contributed by atoms with Gasteiger partial charge in [0, 0.05) is 0 Å². The standard InChI is InChI=1S/C14H20O/c1-3-11-14(2,15)12-7-10-13-8-5-4-6-9-13/h4-10,15H,3,11-12H2,1-2H3/b10-7+. The zero-order chi connectivity index (χ0) is 11.1. The van der Waals surface area contributed by atoms with E-state index in [9.17, 15) is 5.11 Å². The van der Waals surface area contributed by atoms with Crippen molar-refractivity contribution in [3.05, 3.63) is 42.0 Å². The van der Waals surface area contributed by atoms with Crippen molar-refractivity contribution in [2.75, 3.05) is 0 Å². The Hall–Kier alpha value is -1.08. The largest absolute Gasteiger partial charge is 0.390 e. The van der Waals surface area contributed by atoms with Crippen molar-refractivity contribution in [2.45, 2.75) is 38.7 Å². The van der Waals surface area contributed by atoms with E-state index in [2.05, 4.69) is 25.1 Å². The van der Waals surface area contributed by atoms with Crippen molar-refractivity contribution in [2.24, 2.45) is 0 Å². The molecule has 0 bridgehead atoms. The van der Waals surface area contributed by atoms with E-state index in [0.29, 0.717) is 0 Å². The van der Waals surface area contributed by atoms with E-state index in [1.807, 2.05) is 31.2 Å². The molecule has 0 aliphatic rings. The molecule has 0 spiro atoms. The first-order chi connectivity index (χ1) is 7.14. The molecule has 0 aromatic heterocycles. The van der Waals surface area contributed by atoms with Crippen molar-refractivity contribution in [3.63, 3.8) is 0 Å². The number of hydrogen-bond donors (Lipinski definition) is 1. The van der Waals surface area contributed by atoms with Crippen LogP contribution in [0.2, 0.25) is 0 Å². The maximum absolute atomic E-state index is 9.94. The third-order valence-corrected chi connectivity index (χ3v) is 2.46. The molecule has 1 unspecified atom stereocenters. The number of benzene rings is 1. The Morgan fingerprint density at radius 1 is 1.27 bits per heavy atom. The van der Waals surface area contributed by atoms with Gasteiger partial charge >= 0.3 is 0 Å². The smallest absolute Gasteiger partial charge is 0.0654 e. The lowest BCUT2D eigenvalue weighted by Crippen LogP contribution is -2.22. The highest BCUT2D eigenvalue weighted by Crippen LogP contribution is 2.17. The third kappa shape index (κ3) is 4.80. The molecule has 0 saturated carbocycles. The highest BCUT2D eigenvalue weighted by atomic mass is 16.3. The number of aliphatic hydroxyl groups is 1. The first-order valence-electron chi connectivity index (χ1n) is 5.58.